The second-order valence-electron chi connectivity index (χ2n) is 10.9. The summed E-state index contributed by atoms with van der Waals surface area (Å²) in [5.41, 5.74) is 5.28. The maximum Gasteiger partial charge on any atom is 0.573 e. The molecule has 0 spiro atoms. The Morgan fingerprint density at radius 2 is 1.87 bits per heavy atom. The molecular formula is C33H30BrF3N6O2S2. The summed E-state index contributed by atoms with van der Waals surface area (Å²) < 4.78 is 43.6. The van der Waals surface area contributed by atoms with Crippen LogP contribution in [0.2, 0.25) is 0 Å². The van der Waals surface area contributed by atoms with Crippen LogP contribution in [0.5, 0.6) is 5.75 Å². The Kier molecular flexibility index (Phi) is 10.8. The van der Waals surface area contributed by atoms with Gasteiger partial charge in [0.15, 0.2) is 16.1 Å². The number of nitrogens with zero attached hydrogens (tertiary/aromatic N) is 5. The molecule has 0 aliphatic carbocycles. The molecule has 0 bridgehead atoms. The maximum absolute atomic E-state index is 12.8. The lowest BCUT2D eigenvalue weighted by molar-refractivity contribution is -0.274. The van der Waals surface area contributed by atoms with Crippen LogP contribution in [0.4, 0.5) is 18.9 Å². The first-order valence-electron chi connectivity index (χ1n) is 14.5. The fraction of sp³-hybridized carbons (Fsp3) is 0.242. The predicted molar refractivity (Wildman–Crippen MR) is 188 cm³/mol. The van der Waals surface area contributed by atoms with Gasteiger partial charge >= 0.3 is 6.36 Å². The van der Waals surface area contributed by atoms with E-state index in [1.807, 2.05) is 43.3 Å². The molecule has 1 N–H and O–H groups in total. The zero-order chi connectivity index (χ0) is 33.7. The topological polar surface area (TPSA) is 84.6 Å². The lowest BCUT2D eigenvalue weighted by atomic mass is 9.99. The molecule has 0 radical (unpaired) electrons. The van der Waals surface area contributed by atoms with Crippen LogP contribution in [-0.4, -0.2) is 49.6 Å². The number of hydrogen-bond donors (Lipinski definition) is 1. The maximum atomic E-state index is 12.8. The van der Waals surface area contributed by atoms with Crippen LogP contribution in [0.3, 0.4) is 0 Å². The average molecular weight is 744 g/mol. The van der Waals surface area contributed by atoms with Gasteiger partial charge in [-0.3, -0.25) is 9.69 Å². The highest BCUT2D eigenvalue weighted by molar-refractivity contribution is 9.11. The van der Waals surface area contributed by atoms with E-state index in [4.69, 9.17) is 12.2 Å². The van der Waals surface area contributed by atoms with Crippen molar-refractivity contribution in [2.75, 3.05) is 17.2 Å². The number of nitrogens with one attached hydrogen (secondary N) is 1. The molecule has 1 fully saturated rings. The number of carbonyl (C=O) groups is 1. The highest BCUT2D eigenvalue weighted by Crippen LogP contribution is 2.34. The van der Waals surface area contributed by atoms with Crippen molar-refractivity contribution in [3.63, 3.8) is 0 Å². The van der Waals surface area contributed by atoms with E-state index in [1.165, 1.54) is 47.0 Å². The van der Waals surface area contributed by atoms with Gasteiger partial charge in [0.05, 0.1) is 17.1 Å². The van der Waals surface area contributed by atoms with Crippen LogP contribution >= 0.6 is 39.9 Å². The van der Waals surface area contributed by atoms with Crippen LogP contribution in [0.1, 0.15) is 42.9 Å². The SMILES string of the molecule is Cc1ccc(C(C)C)c(N2C(=O)CSC2=NC(=S)NCC/C(Br)=C\c2ccc(-c3ncn(-c4ccc(OC(F)(F)F)cc4)n3)cc2)c1. The minimum atomic E-state index is -4.75. The summed E-state index contributed by atoms with van der Waals surface area (Å²) >= 11 is 10.5. The number of aryl methyl sites for hydroxylation is 1. The quantitative estimate of drug-likeness (QED) is 0.173. The number of halogens is 4. The third-order valence-electron chi connectivity index (χ3n) is 6.97. The number of rotatable bonds is 9. The number of carbonyl (C=O) groups excluding carboxylic acids is 1. The van der Waals surface area contributed by atoms with E-state index >= 15 is 0 Å². The van der Waals surface area contributed by atoms with Gasteiger partial charge in [-0.2, -0.15) is 4.99 Å². The molecule has 4 aromatic rings. The normalized spacial score (nSPS) is 14.7. The number of anilines is 1. The minimum absolute atomic E-state index is 0.0157. The first-order valence-corrected chi connectivity index (χ1v) is 16.7. The van der Waals surface area contributed by atoms with Gasteiger partial charge in [0, 0.05) is 12.1 Å². The van der Waals surface area contributed by atoms with Crippen molar-refractivity contribution in [1.29, 1.82) is 0 Å². The van der Waals surface area contributed by atoms with Crippen molar-refractivity contribution in [3.05, 3.63) is 94.2 Å². The van der Waals surface area contributed by atoms with Gasteiger partial charge in [-0.05, 0) is 89.1 Å². The average Bonchev–Trinajstić information content (AvgIpc) is 3.64. The molecule has 0 saturated carbocycles. The molecule has 47 heavy (non-hydrogen) atoms. The molecule has 1 saturated heterocycles. The molecule has 2 heterocycles. The summed E-state index contributed by atoms with van der Waals surface area (Å²) in [6.07, 6.45) is -0.611. The van der Waals surface area contributed by atoms with Crippen molar-refractivity contribution in [3.8, 4) is 22.8 Å². The van der Waals surface area contributed by atoms with Gasteiger partial charge in [0.2, 0.25) is 5.91 Å². The van der Waals surface area contributed by atoms with E-state index in [9.17, 15) is 18.0 Å². The summed E-state index contributed by atoms with van der Waals surface area (Å²) in [6, 6.07) is 19.2. The zero-order valence-corrected chi connectivity index (χ0v) is 28.8. The summed E-state index contributed by atoms with van der Waals surface area (Å²) in [7, 11) is 0. The number of aromatic nitrogens is 3. The van der Waals surface area contributed by atoms with Crippen LogP contribution in [0.25, 0.3) is 23.2 Å². The Balaban J connectivity index is 1.16. The van der Waals surface area contributed by atoms with E-state index in [0.29, 0.717) is 40.5 Å². The van der Waals surface area contributed by atoms with Crippen molar-refractivity contribution in [1.82, 2.24) is 20.1 Å². The minimum Gasteiger partial charge on any atom is -0.406 e. The molecule has 0 atom stereocenters. The number of thioether (sulfide) groups is 1. The molecule has 3 aromatic carbocycles. The number of benzene rings is 3. The number of amidine groups is 1. The molecule has 1 aromatic heterocycles. The number of alkyl halides is 3. The predicted octanol–water partition coefficient (Wildman–Crippen LogP) is 8.40. The standard InChI is InChI=1S/C33H30BrF3N6O2S2/c1-20(2)27-13-4-21(3)16-28(27)43-29(44)18-47-32(43)40-31(46)38-15-14-24(34)17-22-5-7-23(8-6-22)30-39-19-42(41-30)25-9-11-26(12-10-25)45-33(35,36)37/h4-13,16-17,19-20H,14-15,18H2,1-3H3,(H,38,46)/b24-17+,40-32?. The van der Waals surface area contributed by atoms with Gasteiger partial charge in [-0.15, -0.1) is 18.3 Å². The fourth-order valence-electron chi connectivity index (χ4n) is 4.73. The van der Waals surface area contributed by atoms with E-state index in [0.717, 1.165) is 32.4 Å². The Bertz CT molecular complexity index is 1820. The zero-order valence-electron chi connectivity index (χ0n) is 25.6. The number of aliphatic imine (C=N–C) groups is 1. The van der Waals surface area contributed by atoms with Crippen molar-refractivity contribution < 1.29 is 22.7 Å². The molecule has 1 aliphatic heterocycles. The van der Waals surface area contributed by atoms with Crippen LogP contribution < -0.4 is 15.0 Å². The molecule has 1 aliphatic rings. The fourth-order valence-corrected chi connectivity index (χ4v) is 6.31. The molecule has 244 valence electrons. The van der Waals surface area contributed by atoms with Crippen LogP contribution in [0.15, 0.2) is 82.5 Å². The molecule has 1 amide bonds. The van der Waals surface area contributed by atoms with Crippen molar-refractivity contribution in [2.24, 2.45) is 4.99 Å². The highest BCUT2D eigenvalue weighted by Gasteiger charge is 2.32. The van der Waals surface area contributed by atoms with Gasteiger partial charge < -0.3 is 10.1 Å². The van der Waals surface area contributed by atoms with Crippen LogP contribution in [-0.2, 0) is 4.79 Å². The van der Waals surface area contributed by atoms with E-state index in [1.54, 1.807) is 4.90 Å². The van der Waals surface area contributed by atoms with Gasteiger partial charge in [-0.25, -0.2) is 9.67 Å². The number of hydrogen-bond acceptors (Lipinski definition) is 6. The second-order valence-corrected chi connectivity index (χ2v) is 13.2. The molecule has 14 heteroatoms. The summed E-state index contributed by atoms with van der Waals surface area (Å²) in [6.45, 7) is 6.75. The van der Waals surface area contributed by atoms with Gasteiger partial charge in [-0.1, -0.05) is 77.9 Å². The van der Waals surface area contributed by atoms with E-state index < -0.39 is 6.36 Å². The van der Waals surface area contributed by atoms with Gasteiger partial charge in [0.1, 0.15) is 12.1 Å². The Hall–Kier alpha value is -4.01. The number of amides is 1. The third kappa shape index (κ3) is 9.08. The first-order chi connectivity index (χ1) is 22.4. The van der Waals surface area contributed by atoms with Crippen molar-refractivity contribution >= 4 is 67.9 Å². The molecule has 0 unspecified atom stereocenters. The van der Waals surface area contributed by atoms with E-state index in [2.05, 4.69) is 67.0 Å². The molecule has 5 rings (SSSR count). The highest BCUT2D eigenvalue weighted by atomic mass is 79.9. The third-order valence-corrected chi connectivity index (χ3v) is 8.75. The summed E-state index contributed by atoms with van der Waals surface area (Å²) in [5, 5.41) is 8.50. The lowest BCUT2D eigenvalue weighted by Crippen LogP contribution is -2.32. The summed E-state index contributed by atoms with van der Waals surface area (Å²) in [5.74, 6) is 0.706. The smallest absolute Gasteiger partial charge is 0.406 e. The van der Waals surface area contributed by atoms with Crippen LogP contribution in [0, 0.1) is 6.92 Å². The monoisotopic (exact) mass is 742 g/mol. The molecule has 8 nitrogen and oxygen atoms in total. The second kappa shape index (κ2) is 14.8. The van der Waals surface area contributed by atoms with Crippen molar-refractivity contribution in [2.45, 2.75) is 39.5 Å². The van der Waals surface area contributed by atoms with E-state index in [-0.39, 0.29) is 17.6 Å². The Labute approximate surface area is 288 Å². The Morgan fingerprint density at radius 3 is 2.55 bits per heavy atom. The largest absolute Gasteiger partial charge is 0.573 e. The number of ether oxygens (including phenoxy) is 1. The first kappa shape index (κ1) is 34.3. The summed E-state index contributed by atoms with van der Waals surface area (Å²) in [4.78, 5) is 23.4. The Morgan fingerprint density at radius 1 is 1.15 bits per heavy atom. The lowest BCUT2D eigenvalue weighted by Gasteiger charge is -2.22. The van der Waals surface area contributed by atoms with Gasteiger partial charge in [0.25, 0.3) is 0 Å². The molecular weight excluding hydrogens is 713 g/mol. The number of thiocarbonyl (C=S) groups is 1.